The van der Waals surface area contributed by atoms with Crippen LogP contribution in [0, 0.1) is 0 Å². The molecule has 47 heavy (non-hydrogen) atoms. The van der Waals surface area contributed by atoms with Crippen molar-refractivity contribution in [3.63, 3.8) is 0 Å². The summed E-state index contributed by atoms with van der Waals surface area (Å²) in [6, 6.07) is 35.1. The molecule has 0 N–H and O–H groups in total. The van der Waals surface area contributed by atoms with Crippen molar-refractivity contribution in [2.75, 3.05) is 0 Å². The van der Waals surface area contributed by atoms with Crippen LogP contribution in [-0.2, 0) is 0 Å². The molecule has 0 amide bonds. The Hall–Kier alpha value is -6.18. The average molecular weight is 606 g/mol. The van der Waals surface area contributed by atoms with E-state index in [2.05, 4.69) is 54.6 Å². The highest BCUT2D eigenvalue weighted by molar-refractivity contribution is 6.26. The van der Waals surface area contributed by atoms with E-state index in [9.17, 15) is 2.74 Å². The molecular formula is C46H28O. The van der Waals surface area contributed by atoms with Gasteiger partial charge in [0.25, 0.3) is 0 Å². The van der Waals surface area contributed by atoms with Gasteiger partial charge in [0.2, 0.25) is 0 Å². The summed E-state index contributed by atoms with van der Waals surface area (Å²) in [5.41, 5.74) is 4.73. The lowest BCUT2D eigenvalue weighted by molar-refractivity contribution is 0.669. The maximum atomic E-state index is 9.47. The van der Waals surface area contributed by atoms with E-state index >= 15 is 0 Å². The van der Waals surface area contributed by atoms with E-state index in [1.54, 1.807) is 0 Å². The second-order valence-electron chi connectivity index (χ2n) is 11.7. The van der Waals surface area contributed by atoms with E-state index in [0.29, 0.717) is 5.56 Å². The molecule has 10 rings (SSSR count). The van der Waals surface area contributed by atoms with Gasteiger partial charge in [0.05, 0.1) is 12.3 Å². The molecule has 0 radical (unpaired) electrons. The minimum Gasteiger partial charge on any atom is -0.456 e. The van der Waals surface area contributed by atoms with Gasteiger partial charge in [0.15, 0.2) is 0 Å². The van der Waals surface area contributed by atoms with Crippen LogP contribution in [0.15, 0.2) is 174 Å². The minimum atomic E-state index is -0.532. The average Bonchev–Trinajstić information content (AvgIpc) is 3.63. The predicted molar refractivity (Wildman–Crippen MR) is 200 cm³/mol. The van der Waals surface area contributed by atoms with Gasteiger partial charge in [-0.05, 0) is 101 Å². The summed E-state index contributed by atoms with van der Waals surface area (Å²) in [4.78, 5) is 0. The minimum absolute atomic E-state index is 0.0551. The SMILES string of the molecule is [2H]c1c([2H])c(-c2c3ccccc3c(-c3cccc(-c4cccc5ccccc45)c3)c3ccccc23)c2c(oc3c([2H])c4c([2H])c([2H])c([2H])c([2H])c4c([2H])c32)c1[2H]. The lowest BCUT2D eigenvalue weighted by atomic mass is 9.84. The van der Waals surface area contributed by atoms with Crippen LogP contribution in [0.3, 0.4) is 0 Å². The summed E-state index contributed by atoms with van der Waals surface area (Å²) < 4.78 is 86.2. The molecule has 0 fully saturated rings. The zero-order valence-corrected chi connectivity index (χ0v) is 24.9. The normalized spacial score (nSPS) is 14.5. The lowest BCUT2D eigenvalue weighted by Crippen LogP contribution is -1.91. The first kappa shape index (κ1) is 18.7. The largest absolute Gasteiger partial charge is 0.456 e. The lowest BCUT2D eigenvalue weighted by Gasteiger charge is -2.19. The van der Waals surface area contributed by atoms with Crippen LogP contribution in [0.4, 0.5) is 0 Å². The fourth-order valence-electron chi connectivity index (χ4n) is 7.13. The maximum absolute atomic E-state index is 9.47. The van der Waals surface area contributed by atoms with Crippen molar-refractivity contribution < 1.29 is 16.8 Å². The highest BCUT2D eigenvalue weighted by atomic mass is 16.3. The summed E-state index contributed by atoms with van der Waals surface area (Å²) >= 11 is 0. The Labute approximate surface area is 284 Å². The van der Waals surface area contributed by atoms with Gasteiger partial charge in [0, 0.05) is 10.8 Å². The van der Waals surface area contributed by atoms with Crippen LogP contribution in [0.5, 0.6) is 0 Å². The highest BCUT2D eigenvalue weighted by Crippen LogP contribution is 2.47. The fourth-order valence-corrected chi connectivity index (χ4v) is 7.13. The van der Waals surface area contributed by atoms with Crippen molar-refractivity contribution in [3.05, 3.63) is 170 Å². The molecule has 1 aromatic heterocycles. The molecule has 0 saturated heterocycles. The first-order chi connectivity index (χ1) is 27.1. The van der Waals surface area contributed by atoms with Gasteiger partial charge < -0.3 is 4.42 Å². The summed E-state index contributed by atoms with van der Waals surface area (Å²) in [5, 5.41) is 5.50. The third-order valence-corrected chi connectivity index (χ3v) is 9.13. The van der Waals surface area contributed by atoms with Crippen molar-refractivity contribution in [1.29, 1.82) is 0 Å². The Morgan fingerprint density at radius 1 is 0.404 bits per heavy atom. The molecule has 1 heteroatoms. The van der Waals surface area contributed by atoms with Crippen molar-refractivity contribution in [2.24, 2.45) is 0 Å². The second kappa shape index (κ2) is 10.2. The van der Waals surface area contributed by atoms with Gasteiger partial charge in [0.1, 0.15) is 11.2 Å². The van der Waals surface area contributed by atoms with Crippen molar-refractivity contribution in [3.8, 4) is 33.4 Å². The molecule has 0 spiro atoms. The quantitative estimate of drug-likeness (QED) is 0.183. The Morgan fingerprint density at radius 3 is 1.79 bits per heavy atom. The van der Waals surface area contributed by atoms with E-state index in [4.69, 9.17) is 14.0 Å². The molecule has 0 aliphatic rings. The zero-order valence-electron chi connectivity index (χ0n) is 33.9. The zero-order chi connectivity index (χ0) is 38.7. The number of rotatable bonds is 3. The van der Waals surface area contributed by atoms with Gasteiger partial charge in [-0.25, -0.2) is 0 Å². The molecule has 0 atom stereocenters. The van der Waals surface area contributed by atoms with Crippen LogP contribution in [0.1, 0.15) is 12.3 Å². The molecule has 0 saturated carbocycles. The molecule has 218 valence electrons. The van der Waals surface area contributed by atoms with E-state index in [-0.39, 0.29) is 62.4 Å². The number of hydrogen-bond donors (Lipinski definition) is 0. The molecule has 0 aliphatic carbocycles. The Balaban J connectivity index is 1.35. The Bertz CT molecular complexity index is 3300. The topological polar surface area (TPSA) is 13.1 Å². The summed E-state index contributed by atoms with van der Waals surface area (Å²) in [7, 11) is 0. The van der Waals surface area contributed by atoms with E-state index in [0.717, 1.165) is 54.6 Å². The smallest absolute Gasteiger partial charge is 0.136 e. The predicted octanol–water partition coefficient (Wildman–Crippen LogP) is 13.2. The monoisotopic (exact) mass is 605 g/mol. The second-order valence-corrected chi connectivity index (χ2v) is 11.7. The molecule has 10 aromatic rings. The van der Waals surface area contributed by atoms with Crippen LogP contribution in [-0.4, -0.2) is 0 Å². The van der Waals surface area contributed by atoms with Crippen LogP contribution in [0.2, 0.25) is 0 Å². The molecule has 9 aromatic carbocycles. The van der Waals surface area contributed by atoms with E-state index in [1.807, 2.05) is 60.7 Å². The third-order valence-electron chi connectivity index (χ3n) is 9.13. The Morgan fingerprint density at radius 2 is 1.02 bits per heavy atom. The summed E-state index contributed by atoms with van der Waals surface area (Å²) in [6.07, 6.45) is 0. The number of furan rings is 1. The molecule has 1 nitrogen and oxygen atoms in total. The third kappa shape index (κ3) is 3.97. The van der Waals surface area contributed by atoms with Crippen molar-refractivity contribution in [1.82, 2.24) is 0 Å². The molecule has 0 aliphatic heterocycles. The van der Waals surface area contributed by atoms with E-state index in [1.165, 1.54) is 0 Å². The van der Waals surface area contributed by atoms with Gasteiger partial charge in [-0.3, -0.25) is 0 Å². The van der Waals surface area contributed by atoms with Crippen molar-refractivity contribution >= 4 is 65.0 Å². The number of fused-ring (bicyclic) bond motifs is 7. The molecule has 1 heterocycles. The van der Waals surface area contributed by atoms with E-state index < -0.39 is 30.2 Å². The van der Waals surface area contributed by atoms with Gasteiger partial charge in [-0.15, -0.1) is 0 Å². The van der Waals surface area contributed by atoms with Crippen LogP contribution in [0.25, 0.3) is 98.4 Å². The first-order valence-corrected chi connectivity index (χ1v) is 15.5. The summed E-state index contributed by atoms with van der Waals surface area (Å²) in [5.74, 6) is 0. The highest BCUT2D eigenvalue weighted by Gasteiger charge is 2.20. The number of hydrogen-bond acceptors (Lipinski definition) is 1. The molecule has 0 bridgehead atoms. The first-order valence-electron chi connectivity index (χ1n) is 20.0. The standard InChI is InChI=1S/C46H28O/c1-2-14-31-28-43-41(27-30(31)13-1)46-40(24-11-25-42(46)47-43)45-38-21-7-5-19-36(38)44(37-20-6-8-22-39(37)45)33-17-9-16-32(26-33)35-23-10-15-29-12-3-4-18-34(29)35/h1-28H/i1D,2D,11D,13D,14D,24D,25D,27D,28D. The van der Waals surface area contributed by atoms with Crippen LogP contribution >= 0.6 is 0 Å². The Kier molecular flexibility index (Phi) is 4.05. The fraction of sp³-hybridized carbons (Fsp3) is 0. The van der Waals surface area contributed by atoms with Gasteiger partial charge >= 0.3 is 0 Å². The van der Waals surface area contributed by atoms with Crippen LogP contribution < -0.4 is 0 Å². The van der Waals surface area contributed by atoms with Gasteiger partial charge in [-0.1, -0.05) is 145 Å². The maximum Gasteiger partial charge on any atom is 0.136 e. The van der Waals surface area contributed by atoms with Crippen molar-refractivity contribution in [2.45, 2.75) is 0 Å². The number of benzene rings is 9. The molecule has 0 unspecified atom stereocenters. The molecular weight excluding hydrogens is 569 g/mol. The van der Waals surface area contributed by atoms with Gasteiger partial charge in [-0.2, -0.15) is 0 Å². The summed E-state index contributed by atoms with van der Waals surface area (Å²) in [6.45, 7) is 0.